The molecule has 0 spiro atoms. The lowest BCUT2D eigenvalue weighted by atomic mass is 10.2. The SMILES string of the molecule is Cc1cncc(NC(=O)c2ncccc2C#CCN)c1. The van der Waals surface area contributed by atoms with Gasteiger partial charge in [0.15, 0.2) is 0 Å². The summed E-state index contributed by atoms with van der Waals surface area (Å²) in [5, 5.41) is 2.75. The standard InChI is InChI=1S/C15H14N4O/c1-11-8-13(10-17-9-11)19-15(20)14-12(4-2-6-16)5-3-7-18-14/h3,5,7-10H,6,16H2,1H3,(H,19,20). The van der Waals surface area contributed by atoms with E-state index in [1.165, 1.54) is 0 Å². The zero-order valence-corrected chi connectivity index (χ0v) is 11.1. The largest absolute Gasteiger partial charge is 0.320 e. The number of aryl methyl sites for hydroxylation is 1. The molecule has 20 heavy (non-hydrogen) atoms. The van der Waals surface area contributed by atoms with Gasteiger partial charge < -0.3 is 11.1 Å². The molecular weight excluding hydrogens is 252 g/mol. The number of anilines is 1. The van der Waals surface area contributed by atoms with E-state index in [-0.39, 0.29) is 18.1 Å². The summed E-state index contributed by atoms with van der Waals surface area (Å²) in [6, 6.07) is 5.30. The van der Waals surface area contributed by atoms with Crippen molar-refractivity contribution in [3.05, 3.63) is 53.6 Å². The Kier molecular flexibility index (Phi) is 4.43. The first kappa shape index (κ1) is 13.7. The minimum absolute atomic E-state index is 0.234. The fourth-order valence-electron chi connectivity index (χ4n) is 1.65. The fraction of sp³-hybridized carbons (Fsp3) is 0.133. The van der Waals surface area contributed by atoms with Crippen molar-refractivity contribution < 1.29 is 4.79 Å². The van der Waals surface area contributed by atoms with Crippen LogP contribution in [0.15, 0.2) is 36.8 Å². The average molecular weight is 266 g/mol. The van der Waals surface area contributed by atoms with Crippen molar-refractivity contribution in [1.29, 1.82) is 0 Å². The van der Waals surface area contributed by atoms with E-state index in [1.54, 1.807) is 30.7 Å². The van der Waals surface area contributed by atoms with Crippen molar-refractivity contribution in [3.8, 4) is 11.8 Å². The fourth-order valence-corrected chi connectivity index (χ4v) is 1.65. The van der Waals surface area contributed by atoms with Crippen molar-refractivity contribution in [2.45, 2.75) is 6.92 Å². The Balaban J connectivity index is 2.25. The van der Waals surface area contributed by atoms with Crippen LogP contribution < -0.4 is 11.1 Å². The molecule has 0 aliphatic rings. The van der Waals surface area contributed by atoms with Gasteiger partial charge in [-0.25, -0.2) is 4.98 Å². The van der Waals surface area contributed by atoms with Gasteiger partial charge >= 0.3 is 0 Å². The normalized spacial score (nSPS) is 9.50. The first-order chi connectivity index (χ1) is 9.70. The van der Waals surface area contributed by atoms with Crippen molar-refractivity contribution in [1.82, 2.24) is 9.97 Å². The van der Waals surface area contributed by atoms with Crippen LogP contribution in [-0.2, 0) is 0 Å². The van der Waals surface area contributed by atoms with E-state index in [0.717, 1.165) is 5.56 Å². The van der Waals surface area contributed by atoms with Crippen LogP contribution in [-0.4, -0.2) is 22.4 Å². The Labute approximate surface area is 117 Å². The maximum atomic E-state index is 12.2. The number of nitrogens with two attached hydrogens (primary N) is 1. The molecule has 5 heteroatoms. The topological polar surface area (TPSA) is 80.9 Å². The third-order valence-corrected chi connectivity index (χ3v) is 2.48. The van der Waals surface area contributed by atoms with E-state index in [2.05, 4.69) is 27.1 Å². The Bertz CT molecular complexity index is 686. The molecule has 5 nitrogen and oxygen atoms in total. The second-order valence-corrected chi connectivity index (χ2v) is 4.11. The molecule has 2 rings (SSSR count). The minimum atomic E-state index is -0.320. The molecular formula is C15H14N4O. The maximum absolute atomic E-state index is 12.2. The Hall–Kier alpha value is -2.71. The van der Waals surface area contributed by atoms with Crippen LogP contribution in [0.25, 0.3) is 0 Å². The third-order valence-electron chi connectivity index (χ3n) is 2.48. The zero-order chi connectivity index (χ0) is 14.4. The number of carbonyl (C=O) groups excluding carboxylic acids is 1. The number of hydrogen-bond acceptors (Lipinski definition) is 4. The molecule has 1 amide bonds. The summed E-state index contributed by atoms with van der Waals surface area (Å²) in [5.74, 6) is 5.24. The molecule has 2 heterocycles. The smallest absolute Gasteiger partial charge is 0.275 e. The number of rotatable bonds is 2. The summed E-state index contributed by atoms with van der Waals surface area (Å²) >= 11 is 0. The van der Waals surface area contributed by atoms with Crippen molar-refractivity contribution in [2.24, 2.45) is 5.73 Å². The summed E-state index contributed by atoms with van der Waals surface area (Å²) < 4.78 is 0. The predicted octanol–water partition coefficient (Wildman–Crippen LogP) is 1.35. The molecule has 0 saturated heterocycles. The van der Waals surface area contributed by atoms with Crippen LogP contribution in [0.5, 0.6) is 0 Å². The van der Waals surface area contributed by atoms with Crippen LogP contribution in [0.2, 0.25) is 0 Å². The lowest BCUT2D eigenvalue weighted by molar-refractivity contribution is 0.102. The van der Waals surface area contributed by atoms with Gasteiger partial charge in [-0.2, -0.15) is 0 Å². The second kappa shape index (κ2) is 6.45. The highest BCUT2D eigenvalue weighted by molar-refractivity contribution is 6.04. The summed E-state index contributed by atoms with van der Waals surface area (Å²) in [6.45, 7) is 2.14. The molecule has 0 aliphatic heterocycles. The Morgan fingerprint density at radius 3 is 3.05 bits per heavy atom. The quantitative estimate of drug-likeness (QED) is 0.804. The van der Waals surface area contributed by atoms with Crippen LogP contribution in [0.3, 0.4) is 0 Å². The van der Waals surface area contributed by atoms with E-state index < -0.39 is 0 Å². The molecule has 2 aromatic rings. The number of pyridine rings is 2. The molecule has 0 aliphatic carbocycles. The van der Waals surface area contributed by atoms with Gasteiger partial charge in [-0.15, -0.1) is 0 Å². The molecule has 0 atom stereocenters. The van der Waals surface area contributed by atoms with Crippen molar-refractivity contribution in [2.75, 3.05) is 11.9 Å². The zero-order valence-electron chi connectivity index (χ0n) is 11.1. The molecule has 0 unspecified atom stereocenters. The monoisotopic (exact) mass is 266 g/mol. The average Bonchev–Trinajstić information content (AvgIpc) is 2.45. The molecule has 0 aromatic carbocycles. The van der Waals surface area contributed by atoms with E-state index in [0.29, 0.717) is 11.3 Å². The Morgan fingerprint density at radius 1 is 1.45 bits per heavy atom. The number of nitrogens with zero attached hydrogens (tertiary/aromatic N) is 2. The summed E-state index contributed by atoms with van der Waals surface area (Å²) in [5.41, 5.74) is 7.75. The van der Waals surface area contributed by atoms with Gasteiger partial charge in [-0.05, 0) is 30.7 Å². The Morgan fingerprint density at radius 2 is 2.30 bits per heavy atom. The van der Waals surface area contributed by atoms with Gasteiger partial charge in [-0.1, -0.05) is 11.8 Å². The van der Waals surface area contributed by atoms with Crippen LogP contribution >= 0.6 is 0 Å². The van der Waals surface area contributed by atoms with Gasteiger partial charge in [0.2, 0.25) is 0 Å². The molecule has 0 radical (unpaired) electrons. The molecule has 100 valence electrons. The van der Waals surface area contributed by atoms with E-state index in [9.17, 15) is 4.79 Å². The van der Waals surface area contributed by atoms with Gasteiger partial charge in [0.25, 0.3) is 5.91 Å². The lowest BCUT2D eigenvalue weighted by Gasteiger charge is -2.06. The summed E-state index contributed by atoms with van der Waals surface area (Å²) in [6.07, 6.45) is 4.85. The van der Waals surface area contributed by atoms with Crippen LogP contribution in [0.4, 0.5) is 5.69 Å². The van der Waals surface area contributed by atoms with Crippen molar-refractivity contribution in [3.63, 3.8) is 0 Å². The van der Waals surface area contributed by atoms with Crippen molar-refractivity contribution >= 4 is 11.6 Å². The highest BCUT2D eigenvalue weighted by atomic mass is 16.1. The first-order valence-corrected chi connectivity index (χ1v) is 6.07. The van der Waals surface area contributed by atoms with Gasteiger partial charge in [-0.3, -0.25) is 9.78 Å². The van der Waals surface area contributed by atoms with Gasteiger partial charge in [0.1, 0.15) is 5.69 Å². The summed E-state index contributed by atoms with van der Waals surface area (Å²) in [7, 11) is 0. The van der Waals surface area contributed by atoms with Crippen LogP contribution in [0.1, 0.15) is 21.6 Å². The second-order valence-electron chi connectivity index (χ2n) is 4.11. The number of hydrogen-bond donors (Lipinski definition) is 2. The third kappa shape index (κ3) is 3.40. The van der Waals surface area contributed by atoms with Gasteiger partial charge in [0, 0.05) is 12.4 Å². The molecule has 0 fully saturated rings. The summed E-state index contributed by atoms with van der Waals surface area (Å²) in [4.78, 5) is 20.3. The number of nitrogens with one attached hydrogen (secondary N) is 1. The molecule has 0 saturated carbocycles. The number of carbonyl (C=O) groups is 1. The van der Waals surface area contributed by atoms with Crippen LogP contribution in [0, 0.1) is 18.8 Å². The van der Waals surface area contributed by atoms with Gasteiger partial charge in [0.05, 0.1) is 24.0 Å². The van der Waals surface area contributed by atoms with E-state index in [1.807, 2.05) is 13.0 Å². The maximum Gasteiger partial charge on any atom is 0.275 e. The number of amides is 1. The van der Waals surface area contributed by atoms with E-state index in [4.69, 9.17) is 5.73 Å². The van der Waals surface area contributed by atoms with E-state index >= 15 is 0 Å². The lowest BCUT2D eigenvalue weighted by Crippen LogP contribution is -2.15. The molecule has 2 aromatic heterocycles. The minimum Gasteiger partial charge on any atom is -0.320 e. The molecule has 0 bridgehead atoms. The predicted molar refractivity (Wildman–Crippen MR) is 77.1 cm³/mol. The first-order valence-electron chi connectivity index (χ1n) is 6.07. The highest BCUT2D eigenvalue weighted by Gasteiger charge is 2.11. The molecule has 3 N–H and O–H groups in total. The number of aromatic nitrogens is 2. The highest BCUT2D eigenvalue weighted by Crippen LogP contribution is 2.11.